The Bertz CT molecular complexity index is 1100. The zero-order valence-corrected chi connectivity index (χ0v) is 17.9. The number of piperidine rings is 1. The van der Waals surface area contributed by atoms with E-state index in [2.05, 4.69) is 20.3 Å². The first-order valence-corrected chi connectivity index (χ1v) is 10.9. The van der Waals surface area contributed by atoms with Crippen molar-refractivity contribution in [2.45, 2.75) is 31.9 Å². The van der Waals surface area contributed by atoms with Crippen molar-refractivity contribution in [2.75, 3.05) is 25.0 Å². The van der Waals surface area contributed by atoms with Gasteiger partial charge in [-0.25, -0.2) is 9.97 Å². The molecule has 1 unspecified atom stereocenters. The van der Waals surface area contributed by atoms with E-state index >= 15 is 0 Å². The summed E-state index contributed by atoms with van der Waals surface area (Å²) in [4.78, 5) is 28.1. The highest BCUT2D eigenvalue weighted by Crippen LogP contribution is 2.31. The molecule has 1 N–H and O–H groups in total. The predicted molar refractivity (Wildman–Crippen MR) is 120 cm³/mol. The van der Waals surface area contributed by atoms with Crippen molar-refractivity contribution < 1.29 is 14.3 Å². The maximum atomic E-state index is 12.9. The van der Waals surface area contributed by atoms with Crippen LogP contribution in [0.5, 0.6) is 11.5 Å². The zero-order valence-electron chi connectivity index (χ0n) is 17.9. The number of para-hydroxylation sites is 2. The molecule has 2 aliphatic heterocycles. The lowest BCUT2D eigenvalue weighted by atomic mass is 10.0. The topological polar surface area (TPSA) is 89.5 Å². The normalized spacial score (nSPS) is 18.3. The fourth-order valence-corrected chi connectivity index (χ4v) is 4.07. The number of nitrogens with zero attached hydrogens (tertiary/aromatic N) is 4. The predicted octanol–water partition coefficient (Wildman–Crippen LogP) is 3.09. The third kappa shape index (κ3) is 4.34. The van der Waals surface area contributed by atoms with E-state index in [0.29, 0.717) is 30.4 Å². The molecule has 164 valence electrons. The molecule has 0 bridgehead atoms. The lowest BCUT2D eigenvalue weighted by molar-refractivity contribution is -0.142. The second-order valence-electron chi connectivity index (χ2n) is 8.06. The summed E-state index contributed by atoms with van der Waals surface area (Å²) >= 11 is 0. The average Bonchev–Trinajstić information content (AvgIpc) is 2.84. The lowest BCUT2D eigenvalue weighted by Crippen LogP contribution is -2.50. The second kappa shape index (κ2) is 8.82. The number of hydrogen-bond acceptors (Lipinski definition) is 7. The highest BCUT2D eigenvalue weighted by Gasteiger charge is 2.33. The van der Waals surface area contributed by atoms with Crippen molar-refractivity contribution in [2.24, 2.45) is 0 Å². The number of hydrogen-bond donors (Lipinski definition) is 1. The molecule has 2 aromatic heterocycles. The number of amides is 1. The summed E-state index contributed by atoms with van der Waals surface area (Å²) < 4.78 is 11.6. The second-order valence-corrected chi connectivity index (χ2v) is 8.06. The molecule has 8 nitrogen and oxygen atoms in total. The van der Waals surface area contributed by atoms with E-state index in [0.717, 1.165) is 29.9 Å². The standard InChI is InChI=1S/C24H25N5O3/c1-16-14-22(28-23(26-16)17-6-10-25-11-7-17)27-18-8-12-29(13-9-18)24(30)21-15-31-19-4-2-3-5-20(19)32-21/h2-7,10-11,14,18,21H,8-9,12-13,15H2,1H3,(H,26,27,28). The van der Waals surface area contributed by atoms with Crippen LogP contribution >= 0.6 is 0 Å². The SMILES string of the molecule is Cc1cc(NC2CCN(C(=O)C3COc4ccccc4O3)CC2)nc(-c2ccncc2)n1. The van der Waals surface area contributed by atoms with Gasteiger partial charge < -0.3 is 19.7 Å². The summed E-state index contributed by atoms with van der Waals surface area (Å²) in [6.07, 6.45) is 4.55. The number of pyridine rings is 1. The van der Waals surface area contributed by atoms with Gasteiger partial charge in [0.05, 0.1) is 0 Å². The highest BCUT2D eigenvalue weighted by atomic mass is 16.6. The van der Waals surface area contributed by atoms with Gasteiger partial charge in [0.1, 0.15) is 12.4 Å². The van der Waals surface area contributed by atoms with Crippen LogP contribution in [0, 0.1) is 6.92 Å². The molecule has 3 aromatic rings. The maximum absolute atomic E-state index is 12.9. The Kier molecular flexibility index (Phi) is 5.58. The Balaban J connectivity index is 1.19. The molecule has 2 aliphatic rings. The molecule has 1 atom stereocenters. The van der Waals surface area contributed by atoms with E-state index in [1.807, 2.05) is 54.3 Å². The molecule has 1 saturated heterocycles. The van der Waals surface area contributed by atoms with Crippen LogP contribution in [0.1, 0.15) is 18.5 Å². The number of carbonyl (C=O) groups is 1. The summed E-state index contributed by atoms with van der Waals surface area (Å²) in [5.41, 5.74) is 1.83. The van der Waals surface area contributed by atoms with E-state index in [1.54, 1.807) is 12.4 Å². The van der Waals surface area contributed by atoms with Gasteiger partial charge in [0.25, 0.3) is 5.91 Å². The molecular formula is C24H25N5O3. The van der Waals surface area contributed by atoms with E-state index < -0.39 is 6.10 Å². The fourth-order valence-electron chi connectivity index (χ4n) is 4.07. The summed E-state index contributed by atoms with van der Waals surface area (Å²) in [6, 6.07) is 13.4. The number of aryl methyl sites for hydroxylation is 1. The quantitative estimate of drug-likeness (QED) is 0.679. The molecule has 32 heavy (non-hydrogen) atoms. The number of rotatable bonds is 4. The first-order chi connectivity index (χ1) is 15.7. The van der Waals surface area contributed by atoms with Gasteiger partial charge >= 0.3 is 0 Å². The van der Waals surface area contributed by atoms with Gasteiger partial charge in [0.15, 0.2) is 17.3 Å². The van der Waals surface area contributed by atoms with Gasteiger partial charge in [0, 0.05) is 48.8 Å². The molecule has 0 saturated carbocycles. The minimum Gasteiger partial charge on any atom is -0.485 e. The Hall–Kier alpha value is -3.68. The van der Waals surface area contributed by atoms with Crippen molar-refractivity contribution in [3.8, 4) is 22.9 Å². The van der Waals surface area contributed by atoms with E-state index in [1.165, 1.54) is 0 Å². The van der Waals surface area contributed by atoms with Crippen molar-refractivity contribution in [3.05, 3.63) is 60.6 Å². The molecule has 5 rings (SSSR count). The third-order valence-electron chi connectivity index (χ3n) is 5.74. The summed E-state index contributed by atoms with van der Waals surface area (Å²) in [7, 11) is 0. The van der Waals surface area contributed by atoms with Crippen LogP contribution in [0.4, 0.5) is 5.82 Å². The van der Waals surface area contributed by atoms with Crippen molar-refractivity contribution >= 4 is 11.7 Å². The number of aromatic nitrogens is 3. The number of ether oxygens (including phenoxy) is 2. The minimum atomic E-state index is -0.596. The summed E-state index contributed by atoms with van der Waals surface area (Å²) in [6.45, 7) is 3.54. The van der Waals surface area contributed by atoms with Crippen LogP contribution in [0.2, 0.25) is 0 Å². The van der Waals surface area contributed by atoms with E-state index in [-0.39, 0.29) is 18.6 Å². The Morgan fingerprint density at radius 1 is 1.06 bits per heavy atom. The number of nitrogens with one attached hydrogen (secondary N) is 1. The molecule has 4 heterocycles. The first kappa shape index (κ1) is 20.2. The molecule has 1 amide bonds. The molecular weight excluding hydrogens is 406 g/mol. The average molecular weight is 431 g/mol. The number of anilines is 1. The smallest absolute Gasteiger partial charge is 0.267 e. The lowest BCUT2D eigenvalue weighted by Gasteiger charge is -2.35. The van der Waals surface area contributed by atoms with Crippen LogP contribution in [0.15, 0.2) is 54.9 Å². The van der Waals surface area contributed by atoms with E-state index in [9.17, 15) is 4.79 Å². The zero-order chi connectivity index (χ0) is 21.9. The maximum Gasteiger partial charge on any atom is 0.267 e. The van der Waals surface area contributed by atoms with Crippen molar-refractivity contribution in [3.63, 3.8) is 0 Å². The van der Waals surface area contributed by atoms with Gasteiger partial charge in [-0.05, 0) is 44.0 Å². The Labute approximate surface area is 186 Å². The van der Waals surface area contributed by atoms with Gasteiger partial charge in [-0.1, -0.05) is 12.1 Å². The van der Waals surface area contributed by atoms with Crippen LogP contribution in [-0.4, -0.2) is 57.6 Å². The third-order valence-corrected chi connectivity index (χ3v) is 5.74. The summed E-state index contributed by atoms with van der Waals surface area (Å²) in [5.74, 6) is 2.77. The fraction of sp³-hybridized carbons (Fsp3) is 0.333. The van der Waals surface area contributed by atoms with Crippen LogP contribution in [-0.2, 0) is 4.79 Å². The van der Waals surface area contributed by atoms with Gasteiger partial charge in [-0.2, -0.15) is 0 Å². The van der Waals surface area contributed by atoms with Crippen molar-refractivity contribution in [1.29, 1.82) is 0 Å². The van der Waals surface area contributed by atoms with E-state index in [4.69, 9.17) is 9.47 Å². The minimum absolute atomic E-state index is 0.0178. The Morgan fingerprint density at radius 3 is 2.59 bits per heavy atom. The first-order valence-electron chi connectivity index (χ1n) is 10.9. The molecule has 8 heteroatoms. The molecule has 1 fully saturated rings. The van der Waals surface area contributed by atoms with Gasteiger partial charge in [-0.15, -0.1) is 0 Å². The molecule has 1 aromatic carbocycles. The highest BCUT2D eigenvalue weighted by molar-refractivity contribution is 5.82. The van der Waals surface area contributed by atoms with Gasteiger partial charge in [0.2, 0.25) is 6.10 Å². The van der Waals surface area contributed by atoms with Crippen LogP contribution in [0.25, 0.3) is 11.4 Å². The molecule has 0 spiro atoms. The number of fused-ring (bicyclic) bond motifs is 1. The largest absolute Gasteiger partial charge is 0.485 e. The van der Waals surface area contributed by atoms with Gasteiger partial charge in [-0.3, -0.25) is 9.78 Å². The van der Waals surface area contributed by atoms with Crippen molar-refractivity contribution in [1.82, 2.24) is 19.9 Å². The number of carbonyl (C=O) groups excluding carboxylic acids is 1. The van der Waals surface area contributed by atoms with Crippen LogP contribution in [0.3, 0.4) is 0 Å². The number of benzene rings is 1. The number of likely N-dealkylation sites (tertiary alicyclic amines) is 1. The molecule has 0 radical (unpaired) electrons. The molecule has 0 aliphatic carbocycles. The monoisotopic (exact) mass is 431 g/mol. The summed E-state index contributed by atoms with van der Waals surface area (Å²) in [5, 5.41) is 3.52. The Morgan fingerprint density at radius 2 is 1.81 bits per heavy atom. The van der Waals surface area contributed by atoms with Crippen LogP contribution < -0.4 is 14.8 Å².